The molecular weight excluding hydrogens is 450 g/mol. The first-order chi connectivity index (χ1) is 14.5. The van der Waals surface area contributed by atoms with Crippen LogP contribution in [0.25, 0.3) is 0 Å². The summed E-state index contributed by atoms with van der Waals surface area (Å²) in [5, 5.41) is 0. The van der Waals surface area contributed by atoms with Crippen LogP contribution in [0, 0.1) is 0 Å². The average molecular weight is 497 g/mol. The van der Waals surface area contributed by atoms with E-state index in [1.165, 1.54) is 0 Å². The molecule has 0 aromatic rings. The van der Waals surface area contributed by atoms with E-state index in [9.17, 15) is 13.6 Å². The SMILES string of the molecule is C=C(C)C(=O)OCCC[Si](C)(O[Si](C)(CCF)CCCC)O[Si](C)(CCF)CCCC. The third-order valence-corrected chi connectivity index (χ3v) is 19.6. The Hall–Kier alpha value is -0.359. The molecule has 0 saturated carbocycles. The van der Waals surface area contributed by atoms with E-state index >= 15 is 0 Å². The topological polar surface area (TPSA) is 44.8 Å². The number of carbonyl (C=O) groups is 1. The van der Waals surface area contributed by atoms with E-state index in [1.807, 2.05) is 0 Å². The fourth-order valence-electron chi connectivity index (χ4n) is 3.80. The molecule has 0 radical (unpaired) electrons. The monoisotopic (exact) mass is 496 g/mol. The molecule has 0 aliphatic heterocycles. The standard InChI is InChI=1S/C22H46F2O4Si3/c1-8-10-16-29(5,19-13-23)27-31(7,18-12-15-26-22(25)21(3)4)28-30(6,20-14-24)17-11-9-2/h3,8-20H2,1-2,4-7H3. The highest BCUT2D eigenvalue weighted by molar-refractivity contribution is 6.89. The Bertz CT molecular complexity index is 513. The molecule has 2 unspecified atom stereocenters. The van der Waals surface area contributed by atoms with Gasteiger partial charge in [-0.15, -0.1) is 0 Å². The molecule has 31 heavy (non-hydrogen) atoms. The second kappa shape index (κ2) is 15.5. The van der Waals surface area contributed by atoms with Crippen molar-refractivity contribution in [2.45, 2.75) is 103 Å². The molecule has 0 N–H and O–H groups in total. The van der Waals surface area contributed by atoms with Gasteiger partial charge in [0.1, 0.15) is 0 Å². The van der Waals surface area contributed by atoms with Gasteiger partial charge in [-0.05, 0) is 63.2 Å². The molecule has 0 spiro atoms. The number of esters is 1. The minimum absolute atomic E-state index is 0.272. The summed E-state index contributed by atoms with van der Waals surface area (Å²) in [6, 6.07) is 3.37. The zero-order valence-electron chi connectivity index (χ0n) is 20.8. The molecule has 0 aromatic carbocycles. The number of ether oxygens (including phenoxy) is 1. The minimum Gasteiger partial charge on any atom is -0.462 e. The van der Waals surface area contributed by atoms with Crippen molar-refractivity contribution < 1.29 is 26.5 Å². The summed E-state index contributed by atoms with van der Waals surface area (Å²) in [7, 11) is -7.30. The Morgan fingerprint density at radius 2 is 1.26 bits per heavy atom. The predicted octanol–water partition coefficient (Wildman–Crippen LogP) is 7.29. The molecule has 0 heterocycles. The fraction of sp³-hybridized carbons (Fsp3) is 0.864. The zero-order chi connectivity index (χ0) is 24.0. The van der Waals surface area contributed by atoms with Crippen molar-refractivity contribution in [3.63, 3.8) is 0 Å². The summed E-state index contributed by atoms with van der Waals surface area (Å²) in [6.07, 6.45) is 4.72. The summed E-state index contributed by atoms with van der Waals surface area (Å²) in [4.78, 5) is 11.7. The van der Waals surface area contributed by atoms with Gasteiger partial charge in [-0.2, -0.15) is 0 Å². The Labute approximate surface area is 192 Å². The van der Waals surface area contributed by atoms with Crippen LogP contribution < -0.4 is 0 Å². The van der Waals surface area contributed by atoms with E-state index in [0.29, 0.717) is 30.1 Å². The van der Waals surface area contributed by atoms with Crippen molar-refractivity contribution in [1.29, 1.82) is 0 Å². The smallest absolute Gasteiger partial charge is 0.333 e. The van der Waals surface area contributed by atoms with Crippen LogP contribution in [0.1, 0.15) is 52.9 Å². The average Bonchev–Trinajstić information content (AvgIpc) is 2.68. The Morgan fingerprint density at radius 3 is 1.61 bits per heavy atom. The quantitative estimate of drug-likeness (QED) is 0.0815. The van der Waals surface area contributed by atoms with Gasteiger partial charge < -0.3 is 13.0 Å². The maximum Gasteiger partial charge on any atom is 0.333 e. The summed E-state index contributed by atoms with van der Waals surface area (Å²) >= 11 is 0. The van der Waals surface area contributed by atoms with Crippen LogP contribution >= 0.6 is 0 Å². The van der Waals surface area contributed by atoms with Crippen molar-refractivity contribution in [1.82, 2.24) is 0 Å². The van der Waals surface area contributed by atoms with Gasteiger partial charge in [0.05, 0.1) is 20.0 Å². The first kappa shape index (κ1) is 30.6. The van der Waals surface area contributed by atoms with Crippen LogP contribution in [-0.2, 0) is 17.8 Å². The van der Waals surface area contributed by atoms with E-state index in [2.05, 4.69) is 40.1 Å². The lowest BCUT2D eigenvalue weighted by molar-refractivity contribution is -0.138. The van der Waals surface area contributed by atoms with Crippen molar-refractivity contribution in [2.75, 3.05) is 20.0 Å². The van der Waals surface area contributed by atoms with Gasteiger partial charge in [0.2, 0.25) is 0 Å². The Kier molecular flexibility index (Phi) is 15.3. The molecule has 0 aliphatic carbocycles. The number of hydrogen-bond donors (Lipinski definition) is 0. The number of alkyl halides is 2. The number of carbonyl (C=O) groups excluding carboxylic acids is 1. The van der Waals surface area contributed by atoms with Crippen LogP contribution in [0.4, 0.5) is 8.78 Å². The maximum absolute atomic E-state index is 13.4. The number of rotatable bonds is 19. The predicted molar refractivity (Wildman–Crippen MR) is 133 cm³/mol. The summed E-state index contributed by atoms with van der Waals surface area (Å²) in [5.74, 6) is -0.399. The van der Waals surface area contributed by atoms with E-state index in [0.717, 1.165) is 37.8 Å². The molecule has 0 bridgehead atoms. The second-order valence-electron chi connectivity index (χ2n) is 9.34. The number of hydrogen-bond acceptors (Lipinski definition) is 4. The highest BCUT2D eigenvalue weighted by Crippen LogP contribution is 2.33. The normalized spacial score (nSPS) is 17.4. The molecule has 2 atom stereocenters. The molecule has 4 nitrogen and oxygen atoms in total. The van der Waals surface area contributed by atoms with Crippen LogP contribution in [0.15, 0.2) is 12.2 Å². The van der Waals surface area contributed by atoms with Crippen LogP contribution in [0.3, 0.4) is 0 Å². The molecular formula is C22H46F2O4Si3. The van der Waals surface area contributed by atoms with Crippen LogP contribution in [-0.4, -0.2) is 51.1 Å². The molecule has 0 aliphatic rings. The molecule has 0 saturated heterocycles. The minimum atomic E-state index is -2.72. The third-order valence-electron chi connectivity index (χ3n) is 5.65. The van der Waals surface area contributed by atoms with Crippen LogP contribution in [0.2, 0.25) is 49.9 Å². The molecule has 0 amide bonds. The van der Waals surface area contributed by atoms with Gasteiger partial charge >= 0.3 is 14.5 Å². The second-order valence-corrected chi connectivity index (χ2v) is 21.5. The summed E-state index contributed by atoms with van der Waals surface area (Å²) < 4.78 is 45.7. The van der Waals surface area contributed by atoms with E-state index in [-0.39, 0.29) is 20.0 Å². The van der Waals surface area contributed by atoms with E-state index in [4.69, 9.17) is 13.0 Å². The number of halogens is 2. The lowest BCUT2D eigenvalue weighted by atomic mass is 10.4. The first-order valence-corrected chi connectivity index (χ1v) is 20.0. The van der Waals surface area contributed by atoms with Gasteiger partial charge in [-0.1, -0.05) is 46.1 Å². The highest BCUT2D eigenvalue weighted by atomic mass is 28.5. The fourth-order valence-corrected chi connectivity index (χ4v) is 19.4. The van der Waals surface area contributed by atoms with Gasteiger partial charge in [-0.3, -0.25) is 8.78 Å². The molecule has 9 heteroatoms. The van der Waals surface area contributed by atoms with Crippen LogP contribution in [0.5, 0.6) is 0 Å². The number of unbranched alkanes of at least 4 members (excludes halogenated alkanes) is 2. The van der Waals surface area contributed by atoms with Gasteiger partial charge in [0.15, 0.2) is 16.6 Å². The summed E-state index contributed by atoms with van der Waals surface area (Å²) in [6.45, 7) is 15.3. The third kappa shape index (κ3) is 13.1. The molecule has 0 aromatic heterocycles. The lowest BCUT2D eigenvalue weighted by Crippen LogP contribution is -2.56. The molecule has 0 fully saturated rings. The largest absolute Gasteiger partial charge is 0.462 e. The highest BCUT2D eigenvalue weighted by Gasteiger charge is 2.45. The molecule has 0 rings (SSSR count). The zero-order valence-corrected chi connectivity index (χ0v) is 23.8. The van der Waals surface area contributed by atoms with Gasteiger partial charge in [0, 0.05) is 5.57 Å². The maximum atomic E-state index is 13.4. The van der Waals surface area contributed by atoms with Crippen molar-refractivity contribution in [3.05, 3.63) is 12.2 Å². The van der Waals surface area contributed by atoms with Crippen molar-refractivity contribution >= 4 is 31.2 Å². The van der Waals surface area contributed by atoms with E-state index in [1.54, 1.807) is 6.92 Å². The van der Waals surface area contributed by atoms with E-state index < -0.39 is 31.2 Å². The lowest BCUT2D eigenvalue weighted by Gasteiger charge is -2.43. The van der Waals surface area contributed by atoms with Gasteiger partial charge in [0.25, 0.3) is 0 Å². The first-order valence-electron chi connectivity index (χ1n) is 11.8. The molecule has 184 valence electrons. The van der Waals surface area contributed by atoms with Crippen molar-refractivity contribution in [2.24, 2.45) is 0 Å². The van der Waals surface area contributed by atoms with Crippen molar-refractivity contribution in [3.8, 4) is 0 Å². The van der Waals surface area contributed by atoms with Gasteiger partial charge in [-0.25, -0.2) is 4.79 Å². The Morgan fingerprint density at radius 1 is 0.806 bits per heavy atom. The summed E-state index contributed by atoms with van der Waals surface area (Å²) in [5.41, 5.74) is 0.373. The Balaban J connectivity index is 5.53.